The quantitative estimate of drug-likeness (QED) is 0.694. The van der Waals surface area contributed by atoms with Crippen LogP contribution in [0.5, 0.6) is 0 Å². The Hall–Kier alpha value is -0.540. The van der Waals surface area contributed by atoms with Gasteiger partial charge in [-0.3, -0.25) is 0 Å². The monoisotopic (exact) mass is 256 g/mol. The van der Waals surface area contributed by atoms with Crippen LogP contribution in [0.4, 0.5) is 26.3 Å². The van der Waals surface area contributed by atoms with Crippen LogP contribution in [-0.4, -0.2) is 54.4 Å². The second-order valence-corrected chi connectivity index (χ2v) is 3.02. The maximum Gasteiger partial charge on any atom is 0.425 e. The maximum atomic E-state index is 12.5. The van der Waals surface area contributed by atoms with Crippen molar-refractivity contribution < 1.29 is 41.3 Å². The number of hydrogen-bond acceptors (Lipinski definition) is 3. The summed E-state index contributed by atoms with van der Waals surface area (Å²) in [6.45, 7) is -3.44. The molecule has 0 fully saturated rings. The summed E-state index contributed by atoms with van der Waals surface area (Å²) in [5.74, 6) is -4.73. The lowest BCUT2D eigenvalue weighted by molar-refractivity contribution is -0.256. The fraction of sp³-hybridized carbons (Fsp3) is 1.00. The minimum atomic E-state index is -5.68. The van der Waals surface area contributed by atoms with Crippen molar-refractivity contribution in [2.45, 2.75) is 24.4 Å². The first-order valence-corrected chi connectivity index (χ1v) is 4.06. The first-order valence-electron chi connectivity index (χ1n) is 4.06. The third-order valence-corrected chi connectivity index (χ3v) is 1.47. The predicted octanol–water partition coefficient (Wildman–Crippen LogP) is 0.892. The molecule has 3 nitrogen and oxygen atoms in total. The van der Waals surface area contributed by atoms with Gasteiger partial charge in [-0.25, -0.2) is 13.2 Å². The van der Waals surface area contributed by atoms with Gasteiger partial charge in [0.05, 0.1) is 13.2 Å². The zero-order valence-corrected chi connectivity index (χ0v) is 7.85. The van der Waals surface area contributed by atoms with E-state index in [0.717, 1.165) is 0 Å². The molecule has 0 aliphatic heterocycles. The van der Waals surface area contributed by atoms with E-state index in [9.17, 15) is 26.3 Å². The summed E-state index contributed by atoms with van der Waals surface area (Å²) < 4.78 is 76.0. The lowest BCUT2D eigenvalue weighted by Crippen LogP contribution is -2.45. The number of aliphatic hydroxyl groups excluding tert-OH is 2. The van der Waals surface area contributed by atoms with E-state index < -0.39 is 44.2 Å². The molecule has 0 saturated heterocycles. The van der Waals surface area contributed by atoms with Crippen LogP contribution >= 0.6 is 0 Å². The van der Waals surface area contributed by atoms with Crippen molar-refractivity contribution in [2.24, 2.45) is 0 Å². The van der Waals surface area contributed by atoms with Gasteiger partial charge in [-0.1, -0.05) is 0 Å². The molecule has 0 rings (SSSR count). The van der Waals surface area contributed by atoms with Gasteiger partial charge in [0.15, 0.2) is 0 Å². The van der Waals surface area contributed by atoms with Gasteiger partial charge >= 0.3 is 12.1 Å². The Balaban J connectivity index is 4.14. The zero-order chi connectivity index (χ0) is 13.0. The van der Waals surface area contributed by atoms with Crippen LogP contribution in [0.2, 0.25) is 0 Å². The van der Waals surface area contributed by atoms with Gasteiger partial charge in [0, 0.05) is 0 Å². The summed E-state index contributed by atoms with van der Waals surface area (Å²) in [5, 5.41) is 16.8. The largest absolute Gasteiger partial charge is 0.425 e. The topological polar surface area (TPSA) is 49.7 Å². The Morgan fingerprint density at radius 1 is 1.12 bits per heavy atom. The van der Waals surface area contributed by atoms with Crippen LogP contribution in [0.15, 0.2) is 0 Å². The van der Waals surface area contributed by atoms with Crippen LogP contribution in [0.3, 0.4) is 0 Å². The fourth-order valence-electron chi connectivity index (χ4n) is 0.696. The van der Waals surface area contributed by atoms with Crippen LogP contribution in [0.25, 0.3) is 0 Å². The molecule has 0 aliphatic carbocycles. The van der Waals surface area contributed by atoms with Crippen LogP contribution in [-0.2, 0) is 4.74 Å². The number of aliphatic hydroxyl groups is 2. The van der Waals surface area contributed by atoms with E-state index in [4.69, 9.17) is 10.2 Å². The van der Waals surface area contributed by atoms with E-state index in [1.165, 1.54) is 0 Å². The maximum absolute atomic E-state index is 12.5. The average Bonchev–Trinajstić information content (AvgIpc) is 2.14. The molecule has 0 unspecified atom stereocenters. The summed E-state index contributed by atoms with van der Waals surface area (Å²) in [7, 11) is 0. The highest BCUT2D eigenvalue weighted by Gasteiger charge is 2.56. The molecule has 9 heteroatoms. The number of alkyl halides is 6. The second kappa shape index (κ2) is 5.69. The van der Waals surface area contributed by atoms with E-state index in [2.05, 4.69) is 4.74 Å². The van der Waals surface area contributed by atoms with E-state index in [0.29, 0.717) is 0 Å². The molecule has 0 spiro atoms. The van der Waals surface area contributed by atoms with Gasteiger partial charge in [-0.05, 0) is 0 Å². The molecule has 0 aromatic heterocycles. The van der Waals surface area contributed by atoms with Gasteiger partial charge < -0.3 is 14.9 Å². The summed E-state index contributed by atoms with van der Waals surface area (Å²) in [5.41, 5.74) is 0. The third-order valence-electron chi connectivity index (χ3n) is 1.47. The van der Waals surface area contributed by atoms with Crippen LogP contribution in [0, 0.1) is 0 Å². The predicted molar refractivity (Wildman–Crippen MR) is 39.8 cm³/mol. The minimum Gasteiger partial charge on any atom is -0.394 e. The average molecular weight is 256 g/mol. The molecular formula is C7H10F6O3. The smallest absolute Gasteiger partial charge is 0.394 e. The second-order valence-electron chi connectivity index (χ2n) is 3.02. The molecular weight excluding hydrogens is 246 g/mol. The minimum absolute atomic E-state index is 0.802. The van der Waals surface area contributed by atoms with Gasteiger partial charge in [0.2, 0.25) is 0 Å². The summed E-state index contributed by atoms with van der Waals surface area (Å²) in [6, 6.07) is 0. The third kappa shape index (κ3) is 4.99. The van der Waals surface area contributed by atoms with Crippen LogP contribution in [0.1, 0.15) is 0 Å². The molecule has 0 heterocycles. The lowest BCUT2D eigenvalue weighted by atomic mass is 10.2. The molecule has 0 bridgehead atoms. The van der Waals surface area contributed by atoms with E-state index >= 15 is 0 Å². The summed E-state index contributed by atoms with van der Waals surface area (Å²) >= 11 is 0. The Labute approximate surface area is 86.6 Å². The standard InChI is InChI=1S/C7H10F6O3/c8-5(7(11,12)13)6(9,10)3-16-2-4(15)1-14/h4-5,14-15H,1-3H2/t4-,5-/m1/s1. The summed E-state index contributed by atoms with van der Waals surface area (Å²) in [6.07, 6.45) is -11.5. The highest BCUT2D eigenvalue weighted by atomic mass is 19.4. The summed E-state index contributed by atoms with van der Waals surface area (Å²) in [4.78, 5) is 0. The molecule has 0 radical (unpaired) electrons. The normalized spacial score (nSPS) is 17.2. The van der Waals surface area contributed by atoms with Crippen LogP contribution < -0.4 is 0 Å². The number of hydrogen-bond donors (Lipinski definition) is 2. The molecule has 98 valence electrons. The molecule has 2 atom stereocenters. The van der Waals surface area contributed by atoms with Gasteiger partial charge in [-0.2, -0.15) is 13.2 Å². The SMILES string of the molecule is OC[C@@H](O)COCC(F)(F)[C@@H](F)C(F)(F)F. The van der Waals surface area contributed by atoms with Crippen molar-refractivity contribution in [1.29, 1.82) is 0 Å². The highest BCUT2D eigenvalue weighted by Crippen LogP contribution is 2.34. The van der Waals surface area contributed by atoms with E-state index in [1.54, 1.807) is 0 Å². The Bertz CT molecular complexity index is 207. The Kier molecular flexibility index (Phi) is 5.50. The number of rotatable bonds is 6. The molecule has 0 aliphatic rings. The van der Waals surface area contributed by atoms with Crippen molar-refractivity contribution >= 4 is 0 Å². The molecule has 16 heavy (non-hydrogen) atoms. The Morgan fingerprint density at radius 3 is 2.00 bits per heavy atom. The van der Waals surface area contributed by atoms with Crippen molar-refractivity contribution in [3.05, 3.63) is 0 Å². The van der Waals surface area contributed by atoms with Gasteiger partial charge in [0.25, 0.3) is 6.17 Å². The lowest BCUT2D eigenvalue weighted by Gasteiger charge is -2.22. The van der Waals surface area contributed by atoms with Gasteiger partial charge in [-0.15, -0.1) is 0 Å². The molecule has 0 aromatic rings. The molecule has 0 saturated carbocycles. The first-order chi connectivity index (χ1) is 7.11. The van der Waals surface area contributed by atoms with Crippen molar-refractivity contribution in [3.63, 3.8) is 0 Å². The van der Waals surface area contributed by atoms with Crippen molar-refractivity contribution in [2.75, 3.05) is 19.8 Å². The highest BCUT2D eigenvalue weighted by molar-refractivity contribution is 4.82. The van der Waals surface area contributed by atoms with Gasteiger partial charge in [0.1, 0.15) is 12.7 Å². The fourth-order valence-corrected chi connectivity index (χ4v) is 0.696. The van der Waals surface area contributed by atoms with Crippen molar-refractivity contribution in [3.8, 4) is 0 Å². The molecule has 0 aromatic carbocycles. The zero-order valence-electron chi connectivity index (χ0n) is 7.85. The Morgan fingerprint density at radius 2 is 1.62 bits per heavy atom. The molecule has 2 N–H and O–H groups in total. The van der Waals surface area contributed by atoms with E-state index in [-0.39, 0.29) is 0 Å². The van der Waals surface area contributed by atoms with E-state index in [1.807, 2.05) is 0 Å². The number of ether oxygens (including phenoxy) is 1. The molecule has 0 amide bonds. The first kappa shape index (κ1) is 15.5. The van der Waals surface area contributed by atoms with Crippen molar-refractivity contribution in [1.82, 2.24) is 0 Å². The number of halogens is 6.